The van der Waals surface area contributed by atoms with Gasteiger partial charge in [-0.25, -0.2) is 9.97 Å². The Morgan fingerprint density at radius 2 is 1.90 bits per heavy atom. The van der Waals surface area contributed by atoms with Crippen LogP contribution in [0.15, 0.2) is 24.3 Å². The van der Waals surface area contributed by atoms with Gasteiger partial charge in [0.1, 0.15) is 0 Å². The van der Waals surface area contributed by atoms with Crippen LogP contribution in [-0.2, 0) is 16.1 Å². The van der Waals surface area contributed by atoms with Crippen molar-refractivity contribution in [3.63, 3.8) is 0 Å². The van der Waals surface area contributed by atoms with E-state index in [-0.39, 0.29) is 6.42 Å². The van der Waals surface area contributed by atoms with Gasteiger partial charge in [-0.15, -0.1) is 0 Å². The Morgan fingerprint density at radius 1 is 1.17 bits per heavy atom. The fraction of sp³-hybridized carbons (Fsp3) is 0.591. The predicted octanol–water partition coefficient (Wildman–Crippen LogP) is 2.33. The van der Waals surface area contributed by atoms with Crippen molar-refractivity contribution in [3.05, 3.63) is 35.7 Å². The average Bonchev–Trinajstić information content (AvgIpc) is 2.73. The Bertz CT molecular complexity index is 853. The van der Waals surface area contributed by atoms with Gasteiger partial charge >= 0.3 is 5.97 Å². The van der Waals surface area contributed by atoms with Crippen LogP contribution in [0.25, 0.3) is 11.0 Å². The van der Waals surface area contributed by atoms with Crippen LogP contribution in [-0.4, -0.2) is 76.3 Å². The first kappa shape index (κ1) is 20.2. The molecular formula is C22H30N4O3. The van der Waals surface area contributed by atoms with E-state index < -0.39 is 5.97 Å². The van der Waals surface area contributed by atoms with E-state index in [2.05, 4.69) is 9.80 Å². The maximum atomic E-state index is 11.2. The largest absolute Gasteiger partial charge is 0.481 e. The van der Waals surface area contributed by atoms with Crippen LogP contribution < -0.4 is 0 Å². The zero-order chi connectivity index (χ0) is 20.2. The number of fused-ring (bicyclic) bond motifs is 1. The molecule has 0 radical (unpaired) electrons. The van der Waals surface area contributed by atoms with Gasteiger partial charge < -0.3 is 9.84 Å². The molecule has 0 spiro atoms. The highest BCUT2D eigenvalue weighted by Crippen LogP contribution is 2.28. The molecule has 2 atom stereocenters. The molecule has 1 aromatic carbocycles. The normalized spacial score (nSPS) is 24.0. The number of para-hydroxylation sites is 2. The van der Waals surface area contributed by atoms with E-state index in [1.807, 2.05) is 31.2 Å². The number of ether oxygens (including phenoxy) is 1. The molecule has 2 aliphatic rings. The number of aryl methyl sites for hydroxylation is 1. The van der Waals surface area contributed by atoms with Gasteiger partial charge in [0, 0.05) is 45.2 Å². The topological polar surface area (TPSA) is 78.8 Å². The van der Waals surface area contributed by atoms with Crippen molar-refractivity contribution in [2.45, 2.75) is 38.8 Å². The van der Waals surface area contributed by atoms with E-state index in [1.165, 1.54) is 0 Å². The molecule has 1 N–H and O–H groups in total. The molecular weight excluding hydrogens is 368 g/mol. The van der Waals surface area contributed by atoms with Crippen molar-refractivity contribution in [3.8, 4) is 0 Å². The summed E-state index contributed by atoms with van der Waals surface area (Å²) in [6.45, 7) is 8.14. The Morgan fingerprint density at radius 3 is 2.62 bits per heavy atom. The summed E-state index contributed by atoms with van der Waals surface area (Å²) in [7, 11) is 0. The summed E-state index contributed by atoms with van der Waals surface area (Å²) in [5.74, 6) is -0.356. The minimum Gasteiger partial charge on any atom is -0.481 e. The zero-order valence-corrected chi connectivity index (χ0v) is 17.1. The van der Waals surface area contributed by atoms with Crippen molar-refractivity contribution in [1.82, 2.24) is 19.8 Å². The Kier molecular flexibility index (Phi) is 6.37. The molecule has 2 fully saturated rings. The highest BCUT2D eigenvalue weighted by Gasteiger charge is 2.34. The van der Waals surface area contributed by atoms with Crippen LogP contribution in [0.4, 0.5) is 0 Å². The molecule has 7 heteroatoms. The second-order valence-corrected chi connectivity index (χ2v) is 8.18. The lowest BCUT2D eigenvalue weighted by molar-refractivity contribution is -0.137. The summed E-state index contributed by atoms with van der Waals surface area (Å²) in [6.07, 6.45) is 2.01. The second kappa shape index (κ2) is 9.15. The van der Waals surface area contributed by atoms with Crippen molar-refractivity contribution in [2.24, 2.45) is 5.92 Å². The number of carboxylic acid groups (broad SMARTS) is 1. The third-order valence-corrected chi connectivity index (χ3v) is 6.24. The number of carboxylic acids is 1. The summed E-state index contributed by atoms with van der Waals surface area (Å²) >= 11 is 0. The molecule has 4 rings (SSSR count). The number of rotatable bonds is 6. The van der Waals surface area contributed by atoms with Crippen LogP contribution in [0.5, 0.6) is 0 Å². The molecule has 156 valence electrons. The summed E-state index contributed by atoms with van der Waals surface area (Å²) in [6, 6.07) is 8.42. The van der Waals surface area contributed by atoms with Gasteiger partial charge in [-0.2, -0.15) is 0 Å². The van der Waals surface area contributed by atoms with E-state index in [0.717, 1.165) is 81.2 Å². The van der Waals surface area contributed by atoms with Crippen molar-refractivity contribution < 1.29 is 14.6 Å². The molecule has 7 nitrogen and oxygen atoms in total. The number of piperidine rings is 1. The smallest absolute Gasteiger partial charge is 0.303 e. The monoisotopic (exact) mass is 398 g/mol. The number of carbonyl (C=O) groups is 1. The number of hydrogen-bond acceptors (Lipinski definition) is 6. The van der Waals surface area contributed by atoms with Crippen LogP contribution >= 0.6 is 0 Å². The predicted molar refractivity (Wildman–Crippen MR) is 111 cm³/mol. The second-order valence-electron chi connectivity index (χ2n) is 8.18. The third-order valence-electron chi connectivity index (χ3n) is 6.24. The number of likely N-dealkylation sites (tertiary alicyclic amines) is 1. The van der Waals surface area contributed by atoms with E-state index in [9.17, 15) is 9.90 Å². The summed E-state index contributed by atoms with van der Waals surface area (Å²) < 4.78 is 5.51. The lowest BCUT2D eigenvalue weighted by atomic mass is 9.86. The van der Waals surface area contributed by atoms with E-state index in [4.69, 9.17) is 14.7 Å². The van der Waals surface area contributed by atoms with E-state index >= 15 is 0 Å². The number of aromatic nitrogens is 2. The molecule has 29 heavy (non-hydrogen) atoms. The maximum Gasteiger partial charge on any atom is 0.303 e. The highest BCUT2D eigenvalue weighted by molar-refractivity contribution is 5.74. The summed E-state index contributed by atoms with van der Waals surface area (Å²) in [5.41, 5.74) is 3.85. The van der Waals surface area contributed by atoms with Gasteiger partial charge in [0.2, 0.25) is 0 Å². The third kappa shape index (κ3) is 4.91. The average molecular weight is 399 g/mol. The number of hydrogen-bond donors (Lipinski definition) is 1. The standard InChI is InChI=1S/C22H30N4O3/c1-16-20(24-19-5-3-2-4-18(19)23-16)15-25-9-8-21(26-10-12-29-13-11-26)17(14-25)6-7-22(27)28/h2-5,17,21H,6-15H2,1H3,(H,27,28)/t17-,21+/m1/s1. The lowest BCUT2D eigenvalue weighted by Crippen LogP contribution is -2.54. The Labute approximate surface area is 171 Å². The first-order valence-corrected chi connectivity index (χ1v) is 10.6. The van der Waals surface area contributed by atoms with Gasteiger partial charge in [0.15, 0.2) is 0 Å². The van der Waals surface area contributed by atoms with Crippen LogP contribution in [0.1, 0.15) is 30.7 Å². The minimum atomic E-state index is -0.709. The SMILES string of the molecule is Cc1nc2ccccc2nc1CN1CC[C@H](N2CCOCC2)[C@H](CCC(=O)O)C1. The van der Waals surface area contributed by atoms with Gasteiger partial charge in [-0.05, 0) is 37.8 Å². The minimum absolute atomic E-state index is 0.230. The fourth-order valence-electron chi connectivity index (χ4n) is 4.71. The first-order chi connectivity index (χ1) is 14.1. The van der Waals surface area contributed by atoms with Gasteiger partial charge in [0.05, 0.1) is 35.6 Å². The van der Waals surface area contributed by atoms with Crippen molar-refractivity contribution in [2.75, 3.05) is 39.4 Å². The van der Waals surface area contributed by atoms with Gasteiger partial charge in [-0.1, -0.05) is 12.1 Å². The van der Waals surface area contributed by atoms with E-state index in [0.29, 0.717) is 12.0 Å². The number of aliphatic carboxylic acids is 1. The quantitative estimate of drug-likeness (QED) is 0.800. The molecule has 0 saturated carbocycles. The van der Waals surface area contributed by atoms with Crippen molar-refractivity contribution >= 4 is 17.0 Å². The molecule has 0 amide bonds. The molecule has 0 bridgehead atoms. The molecule has 1 aromatic heterocycles. The molecule has 2 saturated heterocycles. The summed E-state index contributed by atoms with van der Waals surface area (Å²) in [4.78, 5) is 25.7. The van der Waals surface area contributed by atoms with Crippen LogP contribution in [0, 0.1) is 12.8 Å². The molecule has 0 aliphatic carbocycles. The zero-order valence-electron chi connectivity index (χ0n) is 17.1. The van der Waals surface area contributed by atoms with Crippen LogP contribution in [0.2, 0.25) is 0 Å². The molecule has 2 aromatic rings. The number of morpholine rings is 1. The molecule has 2 aliphatic heterocycles. The first-order valence-electron chi connectivity index (χ1n) is 10.6. The molecule has 3 heterocycles. The highest BCUT2D eigenvalue weighted by atomic mass is 16.5. The Balaban J connectivity index is 1.47. The lowest BCUT2D eigenvalue weighted by Gasteiger charge is -2.45. The van der Waals surface area contributed by atoms with E-state index in [1.54, 1.807) is 0 Å². The fourth-order valence-corrected chi connectivity index (χ4v) is 4.71. The van der Waals surface area contributed by atoms with Gasteiger partial charge in [0.25, 0.3) is 0 Å². The van der Waals surface area contributed by atoms with Crippen LogP contribution in [0.3, 0.4) is 0 Å². The summed E-state index contributed by atoms with van der Waals surface area (Å²) in [5, 5.41) is 9.21. The maximum absolute atomic E-state index is 11.2. The number of benzene rings is 1. The number of nitrogens with zero attached hydrogens (tertiary/aromatic N) is 4. The van der Waals surface area contributed by atoms with Crippen molar-refractivity contribution in [1.29, 1.82) is 0 Å². The molecule has 0 unspecified atom stereocenters. The van der Waals surface area contributed by atoms with Gasteiger partial charge in [-0.3, -0.25) is 14.6 Å². The Hall–Kier alpha value is -2.09.